The van der Waals surface area contributed by atoms with Crippen molar-refractivity contribution in [3.8, 4) is 0 Å². The van der Waals surface area contributed by atoms with E-state index in [1.807, 2.05) is 0 Å². The molecule has 0 aliphatic rings. The molecule has 7 nitrogen and oxygen atoms in total. The van der Waals surface area contributed by atoms with Crippen molar-refractivity contribution in [3.05, 3.63) is 78.2 Å². The van der Waals surface area contributed by atoms with Crippen LogP contribution in [-0.4, -0.2) is 18.4 Å². The molecule has 29 heavy (non-hydrogen) atoms. The van der Waals surface area contributed by atoms with Gasteiger partial charge in [0.2, 0.25) is 0 Å². The van der Waals surface area contributed by atoms with Gasteiger partial charge in [-0.25, -0.2) is 22.8 Å². The van der Waals surface area contributed by atoms with Gasteiger partial charge in [0.05, 0.1) is 5.69 Å². The third-order valence-electron chi connectivity index (χ3n) is 3.74. The summed E-state index contributed by atoms with van der Waals surface area (Å²) in [6, 6.07) is 13.2. The van der Waals surface area contributed by atoms with Crippen molar-refractivity contribution in [1.29, 1.82) is 0 Å². The van der Waals surface area contributed by atoms with E-state index in [9.17, 15) is 12.8 Å². The summed E-state index contributed by atoms with van der Waals surface area (Å²) in [5.74, 6) is 0.779. The summed E-state index contributed by atoms with van der Waals surface area (Å²) in [5.41, 5.74) is 2.33. The number of hydrogen-bond acceptors (Lipinski definition) is 6. The van der Waals surface area contributed by atoms with E-state index in [1.54, 1.807) is 42.5 Å². The minimum atomic E-state index is -3.59. The molecule has 1 heterocycles. The Balaban J connectivity index is 1.76. The lowest BCUT2D eigenvalue weighted by molar-refractivity contribution is 0.609. The first-order chi connectivity index (χ1) is 13.9. The van der Waals surface area contributed by atoms with Crippen LogP contribution in [0.4, 0.5) is 33.1 Å². The fraction of sp³-hybridized carbons (Fsp3) is 0.0526. The van der Waals surface area contributed by atoms with E-state index in [-0.39, 0.29) is 5.82 Å². The molecular weight excluding hydrogens is 508 g/mol. The van der Waals surface area contributed by atoms with Crippen molar-refractivity contribution in [2.24, 2.45) is 0 Å². The van der Waals surface area contributed by atoms with Crippen LogP contribution in [0, 0.1) is 5.82 Å². The summed E-state index contributed by atoms with van der Waals surface area (Å²) in [6.07, 6.45) is 1.39. The molecule has 0 bridgehead atoms. The van der Waals surface area contributed by atoms with Crippen LogP contribution in [-0.2, 0) is 14.5 Å². The Morgan fingerprint density at radius 3 is 2.31 bits per heavy atom. The molecule has 0 amide bonds. The van der Waals surface area contributed by atoms with Gasteiger partial charge >= 0.3 is 0 Å². The molecule has 0 saturated carbocycles. The molecule has 0 unspecified atom stereocenters. The van der Waals surface area contributed by atoms with E-state index in [0.717, 1.165) is 5.41 Å². The molecule has 3 aromatic rings. The first-order valence-corrected chi connectivity index (χ1v) is 11.4. The van der Waals surface area contributed by atoms with E-state index < -0.39 is 10.0 Å². The highest BCUT2D eigenvalue weighted by molar-refractivity contribution is 14.1. The first-order valence-electron chi connectivity index (χ1n) is 8.34. The summed E-state index contributed by atoms with van der Waals surface area (Å²) < 4.78 is 39.8. The molecule has 150 valence electrons. The van der Waals surface area contributed by atoms with Crippen LogP contribution >= 0.6 is 22.6 Å². The van der Waals surface area contributed by atoms with E-state index in [4.69, 9.17) is 0 Å². The number of anilines is 5. The fourth-order valence-electron chi connectivity index (χ4n) is 2.41. The maximum Gasteiger partial charge on any atom is 0.254 e. The Hall–Kier alpha value is -2.73. The summed E-state index contributed by atoms with van der Waals surface area (Å²) in [6.45, 7) is 3.27. The van der Waals surface area contributed by atoms with E-state index in [0.29, 0.717) is 38.7 Å². The van der Waals surface area contributed by atoms with Crippen molar-refractivity contribution in [1.82, 2.24) is 9.97 Å². The monoisotopic (exact) mass is 525 g/mol. The minimum absolute atomic E-state index is 0.248. The molecule has 0 spiro atoms. The van der Waals surface area contributed by atoms with E-state index >= 15 is 0 Å². The number of rotatable bonds is 8. The van der Waals surface area contributed by atoms with Gasteiger partial charge in [-0.3, -0.25) is 4.72 Å². The molecule has 0 atom stereocenters. The van der Waals surface area contributed by atoms with Crippen LogP contribution in [0.25, 0.3) is 0 Å². The molecule has 10 heteroatoms. The Labute approximate surface area is 181 Å². The number of benzene rings is 2. The lowest BCUT2D eigenvalue weighted by atomic mass is 10.2. The number of halogens is 2. The maximum atomic E-state index is 13.7. The van der Waals surface area contributed by atoms with Crippen LogP contribution in [0.2, 0.25) is 0 Å². The van der Waals surface area contributed by atoms with Gasteiger partial charge in [-0.05, 0) is 42.0 Å². The summed E-state index contributed by atoms with van der Waals surface area (Å²) in [7, 11) is -3.59. The number of sulfonamides is 1. The predicted octanol–water partition coefficient (Wildman–Crippen LogP) is 4.92. The van der Waals surface area contributed by atoms with Gasteiger partial charge < -0.3 is 10.6 Å². The third kappa shape index (κ3) is 5.87. The van der Waals surface area contributed by atoms with Gasteiger partial charge in [0, 0.05) is 27.3 Å². The second-order valence-corrected chi connectivity index (χ2v) is 8.26. The molecule has 3 rings (SSSR count). The number of nitrogens with zero attached hydrogens (tertiary/aromatic N) is 2. The Morgan fingerprint density at radius 2 is 1.66 bits per heavy atom. The molecule has 3 N–H and O–H groups in total. The fourth-order valence-corrected chi connectivity index (χ4v) is 3.53. The molecule has 0 aliphatic heterocycles. The predicted molar refractivity (Wildman–Crippen MR) is 122 cm³/mol. The van der Waals surface area contributed by atoms with Crippen LogP contribution < -0.4 is 15.4 Å². The number of alkyl halides is 1. The quantitative estimate of drug-likeness (QED) is 0.286. The van der Waals surface area contributed by atoms with Crippen molar-refractivity contribution >= 4 is 61.3 Å². The molecule has 2 aromatic carbocycles. The zero-order valence-corrected chi connectivity index (χ0v) is 18.0. The van der Waals surface area contributed by atoms with Crippen molar-refractivity contribution < 1.29 is 12.8 Å². The topological polar surface area (TPSA) is 96.0 Å². The highest BCUT2D eigenvalue weighted by Crippen LogP contribution is 2.23. The molecule has 0 saturated heterocycles. The Kier molecular flexibility index (Phi) is 6.64. The largest absolute Gasteiger partial charge is 0.340 e. The summed E-state index contributed by atoms with van der Waals surface area (Å²) in [5, 5.41) is 7.05. The Morgan fingerprint density at radius 1 is 1.00 bits per heavy atom. The second kappa shape index (κ2) is 9.18. The van der Waals surface area contributed by atoms with Gasteiger partial charge in [0.1, 0.15) is 23.8 Å². The summed E-state index contributed by atoms with van der Waals surface area (Å²) >= 11 is 2.11. The zero-order valence-electron chi connectivity index (χ0n) is 15.1. The average Bonchev–Trinajstić information content (AvgIpc) is 2.70. The number of aromatic nitrogens is 2. The van der Waals surface area contributed by atoms with Crippen LogP contribution in [0.1, 0.15) is 5.56 Å². The van der Waals surface area contributed by atoms with Gasteiger partial charge in [-0.15, -0.1) is 0 Å². The normalized spacial score (nSPS) is 11.0. The Bertz CT molecular complexity index is 1140. The molecule has 0 fully saturated rings. The average molecular weight is 525 g/mol. The molecular formula is C19H17FIN5O2S. The number of nitrogens with one attached hydrogen (secondary N) is 3. The third-order valence-corrected chi connectivity index (χ3v) is 5.52. The second-order valence-electron chi connectivity index (χ2n) is 5.87. The zero-order chi connectivity index (χ0) is 20.9. The highest BCUT2D eigenvalue weighted by Gasteiger charge is 2.07. The van der Waals surface area contributed by atoms with E-state index in [1.165, 1.54) is 12.4 Å². The van der Waals surface area contributed by atoms with Crippen LogP contribution in [0.15, 0.2) is 66.8 Å². The van der Waals surface area contributed by atoms with Crippen LogP contribution in [0.3, 0.4) is 0 Å². The smallest absolute Gasteiger partial charge is 0.254 e. The number of hydrogen-bond donors (Lipinski definition) is 3. The van der Waals surface area contributed by atoms with Gasteiger partial charge in [0.15, 0.2) is 0 Å². The summed E-state index contributed by atoms with van der Waals surface area (Å²) in [4.78, 5) is 8.34. The van der Waals surface area contributed by atoms with Crippen molar-refractivity contribution in [2.45, 2.75) is 4.43 Å². The van der Waals surface area contributed by atoms with Gasteiger partial charge in [-0.1, -0.05) is 35.2 Å². The molecule has 1 aromatic heterocycles. The molecule has 0 radical (unpaired) electrons. The van der Waals surface area contributed by atoms with Gasteiger partial charge in [0.25, 0.3) is 10.0 Å². The van der Waals surface area contributed by atoms with E-state index in [2.05, 4.69) is 54.5 Å². The SMILES string of the molecule is C=CS(=O)(=O)Nc1cccc(Nc2cc(Nc3ccc(F)c(CI)c3)ncn2)c1. The minimum Gasteiger partial charge on any atom is -0.340 e. The molecule has 0 aliphatic carbocycles. The van der Waals surface area contributed by atoms with Crippen molar-refractivity contribution in [2.75, 3.05) is 15.4 Å². The standard InChI is InChI=1S/C19H17FIN5O2S/c1-2-29(27,28)26-16-5-3-4-14(9-16)24-18-10-19(23-12-22-18)25-15-6-7-17(20)13(8-15)11-21/h2-10,12,26H,1,11H2,(H2,22,23,24,25). The lowest BCUT2D eigenvalue weighted by Gasteiger charge is -2.11. The maximum absolute atomic E-state index is 13.7. The lowest BCUT2D eigenvalue weighted by Crippen LogP contribution is -2.08. The van der Waals surface area contributed by atoms with Crippen LogP contribution in [0.5, 0.6) is 0 Å². The first kappa shape index (κ1) is 21.0. The van der Waals surface area contributed by atoms with Crippen molar-refractivity contribution in [3.63, 3.8) is 0 Å². The highest BCUT2D eigenvalue weighted by atomic mass is 127. The van der Waals surface area contributed by atoms with Gasteiger partial charge in [-0.2, -0.15) is 0 Å².